The molecule has 0 saturated heterocycles. The molecule has 0 bridgehead atoms. The molecule has 208 valence electrons. The standard InChI is InChI=1S/C24H25NO.C14H13Cl/c1-18-10-12-20(13-11-18)22-8-5-6-19(16-22)17-25(2)24-15-14-21-7-3-4-9-23(21)26-24;1-11-5-7-13(8-6-11)14-4-2-3-12(9-14)10-15/h3-13,16,24H,14-15,17H2,1-2H3;2-9H,10H2,1H3. The molecule has 0 N–H and O–H groups in total. The van der Waals surface area contributed by atoms with Crippen molar-refractivity contribution in [1.82, 2.24) is 4.90 Å². The summed E-state index contributed by atoms with van der Waals surface area (Å²) in [4.78, 5) is 2.31. The lowest BCUT2D eigenvalue weighted by molar-refractivity contribution is 0.0226. The molecule has 1 atom stereocenters. The molecular formula is C38H38ClNO. The van der Waals surface area contributed by atoms with Gasteiger partial charge in [-0.05, 0) is 84.5 Å². The van der Waals surface area contributed by atoms with Crippen LogP contribution in [0.2, 0.25) is 0 Å². The number of fused-ring (bicyclic) bond motifs is 1. The van der Waals surface area contributed by atoms with E-state index in [1.807, 2.05) is 18.2 Å². The van der Waals surface area contributed by atoms with Crippen LogP contribution in [0.1, 0.15) is 34.2 Å². The van der Waals surface area contributed by atoms with Crippen molar-refractivity contribution in [3.8, 4) is 28.0 Å². The maximum atomic E-state index is 6.22. The van der Waals surface area contributed by atoms with E-state index in [-0.39, 0.29) is 6.23 Å². The summed E-state index contributed by atoms with van der Waals surface area (Å²) in [7, 11) is 2.15. The highest BCUT2D eigenvalue weighted by Crippen LogP contribution is 2.29. The largest absolute Gasteiger partial charge is 0.475 e. The van der Waals surface area contributed by atoms with Gasteiger partial charge in [0.1, 0.15) is 5.75 Å². The van der Waals surface area contributed by atoms with Gasteiger partial charge in [-0.1, -0.05) is 114 Å². The summed E-state index contributed by atoms with van der Waals surface area (Å²) in [5, 5.41) is 0. The predicted molar refractivity (Wildman–Crippen MR) is 173 cm³/mol. The fourth-order valence-electron chi connectivity index (χ4n) is 5.19. The second-order valence-electron chi connectivity index (χ2n) is 10.9. The molecule has 0 radical (unpaired) electrons. The normalized spacial score (nSPS) is 14.0. The van der Waals surface area contributed by atoms with Gasteiger partial charge >= 0.3 is 0 Å². The summed E-state index contributed by atoms with van der Waals surface area (Å²) in [6.07, 6.45) is 2.24. The van der Waals surface area contributed by atoms with Crippen LogP contribution in [0.5, 0.6) is 5.75 Å². The number of alkyl halides is 1. The number of halogens is 1. The molecule has 3 heteroatoms. The average Bonchev–Trinajstić information content (AvgIpc) is 3.02. The minimum Gasteiger partial charge on any atom is -0.475 e. The SMILES string of the molecule is Cc1ccc(-c2cccc(CCl)c2)cc1.Cc1ccc(-c2cccc(CN(C)C3CCc4ccccc4O3)c2)cc1. The lowest BCUT2D eigenvalue weighted by Gasteiger charge is -2.33. The molecule has 1 aliphatic rings. The Morgan fingerprint density at radius 2 is 1.22 bits per heavy atom. The zero-order valence-corrected chi connectivity index (χ0v) is 24.9. The number of nitrogens with zero attached hydrogens (tertiary/aromatic N) is 1. The fourth-order valence-corrected chi connectivity index (χ4v) is 5.35. The first-order valence-corrected chi connectivity index (χ1v) is 14.8. The van der Waals surface area contributed by atoms with E-state index in [0.29, 0.717) is 5.88 Å². The van der Waals surface area contributed by atoms with Crippen molar-refractivity contribution in [2.45, 2.75) is 45.3 Å². The first kappa shape index (κ1) is 28.7. The Hall–Kier alpha value is -3.85. The van der Waals surface area contributed by atoms with Crippen LogP contribution in [0.3, 0.4) is 0 Å². The van der Waals surface area contributed by atoms with Crippen LogP contribution >= 0.6 is 11.6 Å². The second kappa shape index (κ2) is 13.7. The van der Waals surface area contributed by atoms with E-state index in [1.165, 1.54) is 44.5 Å². The Labute approximate surface area is 250 Å². The van der Waals surface area contributed by atoms with E-state index in [4.69, 9.17) is 16.3 Å². The van der Waals surface area contributed by atoms with Crippen LogP contribution in [0, 0.1) is 13.8 Å². The highest BCUT2D eigenvalue weighted by atomic mass is 35.5. The van der Waals surface area contributed by atoms with Crippen LogP contribution in [0.15, 0.2) is 121 Å². The van der Waals surface area contributed by atoms with Crippen molar-refractivity contribution < 1.29 is 4.74 Å². The fraction of sp³-hybridized carbons (Fsp3) is 0.211. The predicted octanol–water partition coefficient (Wildman–Crippen LogP) is 9.85. The highest BCUT2D eigenvalue weighted by molar-refractivity contribution is 6.17. The van der Waals surface area contributed by atoms with Crippen molar-refractivity contribution in [3.05, 3.63) is 149 Å². The second-order valence-corrected chi connectivity index (χ2v) is 11.2. The number of benzene rings is 5. The third-order valence-electron chi connectivity index (χ3n) is 7.60. The molecule has 2 nitrogen and oxygen atoms in total. The van der Waals surface area contributed by atoms with Crippen molar-refractivity contribution in [1.29, 1.82) is 0 Å². The van der Waals surface area contributed by atoms with Crippen molar-refractivity contribution in [2.24, 2.45) is 0 Å². The van der Waals surface area contributed by atoms with Gasteiger partial charge in [-0.25, -0.2) is 0 Å². The molecule has 1 unspecified atom stereocenters. The molecule has 1 heterocycles. The Balaban J connectivity index is 0.000000191. The summed E-state index contributed by atoms with van der Waals surface area (Å²) in [6, 6.07) is 42.8. The Morgan fingerprint density at radius 1 is 0.659 bits per heavy atom. The number of para-hydroxylation sites is 1. The molecule has 5 aromatic rings. The Kier molecular flexibility index (Phi) is 9.56. The summed E-state index contributed by atoms with van der Waals surface area (Å²) in [5.74, 6) is 1.60. The van der Waals surface area contributed by atoms with Crippen molar-refractivity contribution >= 4 is 11.6 Å². The number of aryl methyl sites for hydroxylation is 3. The molecule has 0 amide bonds. The topological polar surface area (TPSA) is 12.5 Å². The molecule has 6 rings (SSSR count). The van der Waals surface area contributed by atoms with Crippen LogP contribution in [-0.4, -0.2) is 18.2 Å². The Morgan fingerprint density at radius 3 is 1.83 bits per heavy atom. The summed E-state index contributed by atoms with van der Waals surface area (Å²) in [5.41, 5.74) is 11.4. The van der Waals surface area contributed by atoms with E-state index < -0.39 is 0 Å². The third-order valence-corrected chi connectivity index (χ3v) is 7.91. The first-order valence-electron chi connectivity index (χ1n) is 14.3. The maximum absolute atomic E-state index is 6.22. The van der Waals surface area contributed by atoms with Gasteiger partial charge in [0.25, 0.3) is 0 Å². The molecular weight excluding hydrogens is 522 g/mol. The summed E-state index contributed by atoms with van der Waals surface area (Å²) < 4.78 is 6.22. The van der Waals surface area contributed by atoms with Gasteiger partial charge in [-0.2, -0.15) is 0 Å². The van der Waals surface area contributed by atoms with Gasteiger partial charge in [0, 0.05) is 18.8 Å². The van der Waals surface area contributed by atoms with Crippen molar-refractivity contribution in [3.63, 3.8) is 0 Å². The van der Waals surface area contributed by atoms with E-state index in [2.05, 4.69) is 129 Å². The third kappa shape index (κ3) is 7.67. The average molecular weight is 560 g/mol. The van der Waals surface area contributed by atoms with E-state index in [9.17, 15) is 0 Å². The van der Waals surface area contributed by atoms with Crippen LogP contribution in [0.25, 0.3) is 22.3 Å². The monoisotopic (exact) mass is 559 g/mol. The molecule has 5 aromatic carbocycles. The number of rotatable bonds is 6. The smallest absolute Gasteiger partial charge is 0.153 e. The van der Waals surface area contributed by atoms with Gasteiger partial charge in [-0.15, -0.1) is 11.6 Å². The van der Waals surface area contributed by atoms with Gasteiger partial charge in [-0.3, -0.25) is 4.90 Å². The molecule has 0 spiro atoms. The molecule has 1 aliphatic heterocycles. The van der Waals surface area contributed by atoms with Gasteiger partial charge in [0.05, 0.1) is 0 Å². The van der Waals surface area contributed by atoms with E-state index in [0.717, 1.165) is 30.7 Å². The minimum atomic E-state index is 0.132. The number of ether oxygens (including phenoxy) is 1. The number of hydrogen-bond acceptors (Lipinski definition) is 2. The zero-order chi connectivity index (χ0) is 28.6. The van der Waals surface area contributed by atoms with E-state index in [1.54, 1.807) is 0 Å². The molecule has 0 aliphatic carbocycles. The molecule has 0 saturated carbocycles. The number of hydrogen-bond donors (Lipinski definition) is 0. The lowest BCUT2D eigenvalue weighted by Crippen LogP contribution is -2.38. The summed E-state index contributed by atoms with van der Waals surface area (Å²) in [6.45, 7) is 5.10. The zero-order valence-electron chi connectivity index (χ0n) is 24.2. The quantitative estimate of drug-likeness (QED) is 0.192. The molecule has 41 heavy (non-hydrogen) atoms. The van der Waals surface area contributed by atoms with Crippen molar-refractivity contribution in [2.75, 3.05) is 7.05 Å². The van der Waals surface area contributed by atoms with Crippen LogP contribution < -0.4 is 4.74 Å². The lowest BCUT2D eigenvalue weighted by atomic mass is 10.0. The van der Waals surface area contributed by atoms with E-state index >= 15 is 0 Å². The van der Waals surface area contributed by atoms with Gasteiger partial charge in [0.15, 0.2) is 6.23 Å². The van der Waals surface area contributed by atoms with Crippen LogP contribution in [-0.2, 0) is 18.8 Å². The highest BCUT2D eigenvalue weighted by Gasteiger charge is 2.23. The van der Waals surface area contributed by atoms with Crippen LogP contribution in [0.4, 0.5) is 0 Å². The summed E-state index contributed by atoms with van der Waals surface area (Å²) >= 11 is 5.81. The van der Waals surface area contributed by atoms with Gasteiger partial charge < -0.3 is 4.74 Å². The first-order chi connectivity index (χ1) is 20.0. The molecule has 0 fully saturated rings. The maximum Gasteiger partial charge on any atom is 0.153 e. The minimum absolute atomic E-state index is 0.132. The molecule has 0 aromatic heterocycles. The Bertz CT molecular complexity index is 1560. The van der Waals surface area contributed by atoms with Gasteiger partial charge in [0.2, 0.25) is 0 Å².